The molecule has 1 aromatic carbocycles. The highest BCUT2D eigenvalue weighted by atomic mass is 32.1. The molecule has 2 aromatic heterocycles. The lowest BCUT2D eigenvalue weighted by molar-refractivity contribution is -0.125. The maximum atomic E-state index is 12.6. The van der Waals surface area contributed by atoms with Crippen molar-refractivity contribution in [2.75, 3.05) is 37.6 Å². The van der Waals surface area contributed by atoms with Crippen LogP contribution < -0.4 is 10.2 Å². The first-order chi connectivity index (χ1) is 13.2. The number of carbonyl (C=O) groups excluding carboxylic acids is 1. The summed E-state index contributed by atoms with van der Waals surface area (Å²) < 4.78 is 0. The van der Waals surface area contributed by atoms with E-state index in [9.17, 15) is 4.79 Å². The molecule has 1 saturated heterocycles. The first kappa shape index (κ1) is 18.0. The zero-order valence-electron chi connectivity index (χ0n) is 15.5. The highest BCUT2D eigenvalue weighted by Gasteiger charge is 2.26. The van der Waals surface area contributed by atoms with E-state index in [4.69, 9.17) is 0 Å². The Labute approximate surface area is 163 Å². The summed E-state index contributed by atoms with van der Waals surface area (Å²) in [5, 5.41) is 7.42. The lowest BCUT2D eigenvalue weighted by Crippen LogP contribution is -2.54. The molecular formula is C20H25N5OS. The number of anilines is 1. The Bertz CT molecular complexity index is 883. The van der Waals surface area contributed by atoms with Gasteiger partial charge in [0.25, 0.3) is 0 Å². The number of aromatic nitrogens is 2. The lowest BCUT2D eigenvalue weighted by atomic mass is 10.1. The summed E-state index contributed by atoms with van der Waals surface area (Å²) in [7, 11) is 0. The van der Waals surface area contributed by atoms with E-state index in [2.05, 4.69) is 37.2 Å². The second-order valence-electron chi connectivity index (χ2n) is 6.91. The zero-order valence-corrected chi connectivity index (χ0v) is 16.3. The standard InChI is InChI=1S/C20H25N5OS/c1-15(24-9-11-25(12-10-24)20-22-8-13-27-20)19(26)21-7-6-16-14-23-18-5-3-2-4-17(16)18/h2-5,8,13-15,23H,6-7,9-12H2,1H3,(H,21,26). The van der Waals surface area contributed by atoms with Crippen molar-refractivity contribution in [2.24, 2.45) is 0 Å². The molecule has 0 bridgehead atoms. The summed E-state index contributed by atoms with van der Waals surface area (Å²) in [4.78, 5) is 24.8. The maximum absolute atomic E-state index is 12.6. The van der Waals surface area contributed by atoms with Gasteiger partial charge in [-0.3, -0.25) is 9.69 Å². The maximum Gasteiger partial charge on any atom is 0.237 e. The summed E-state index contributed by atoms with van der Waals surface area (Å²) >= 11 is 1.67. The quantitative estimate of drug-likeness (QED) is 0.686. The Kier molecular flexibility index (Phi) is 5.40. The van der Waals surface area contributed by atoms with E-state index in [1.165, 1.54) is 10.9 Å². The third-order valence-corrected chi connectivity index (χ3v) is 6.13. The van der Waals surface area contributed by atoms with Gasteiger partial charge in [0.1, 0.15) is 0 Å². The van der Waals surface area contributed by atoms with Gasteiger partial charge >= 0.3 is 0 Å². The monoisotopic (exact) mass is 383 g/mol. The third kappa shape index (κ3) is 3.99. The van der Waals surface area contributed by atoms with Crippen LogP contribution in [0.15, 0.2) is 42.0 Å². The largest absolute Gasteiger partial charge is 0.361 e. The van der Waals surface area contributed by atoms with Crippen molar-refractivity contribution in [3.63, 3.8) is 0 Å². The fraction of sp³-hybridized carbons (Fsp3) is 0.400. The van der Waals surface area contributed by atoms with Gasteiger partial charge in [-0.2, -0.15) is 0 Å². The predicted octanol–water partition coefficient (Wildman–Crippen LogP) is 2.49. The summed E-state index contributed by atoms with van der Waals surface area (Å²) in [5.74, 6) is 0.109. The van der Waals surface area contributed by atoms with E-state index in [0.29, 0.717) is 6.54 Å². The molecular weight excluding hydrogens is 358 g/mol. The first-order valence-electron chi connectivity index (χ1n) is 9.43. The van der Waals surface area contributed by atoms with Crippen molar-refractivity contribution in [3.8, 4) is 0 Å². The van der Waals surface area contributed by atoms with Crippen LogP contribution in [0, 0.1) is 0 Å². The number of nitrogens with one attached hydrogen (secondary N) is 2. The minimum atomic E-state index is -0.105. The predicted molar refractivity (Wildman–Crippen MR) is 110 cm³/mol. The van der Waals surface area contributed by atoms with Crippen LogP contribution in [-0.4, -0.2) is 59.5 Å². The first-order valence-corrected chi connectivity index (χ1v) is 10.3. The van der Waals surface area contributed by atoms with Gasteiger partial charge in [0.05, 0.1) is 6.04 Å². The van der Waals surface area contributed by atoms with Crippen molar-refractivity contribution in [3.05, 3.63) is 47.6 Å². The highest BCUT2D eigenvalue weighted by molar-refractivity contribution is 7.13. The van der Waals surface area contributed by atoms with Crippen molar-refractivity contribution >= 4 is 33.3 Å². The number of amides is 1. The molecule has 1 unspecified atom stereocenters. The Hall–Kier alpha value is -2.38. The number of thiazole rings is 1. The molecule has 27 heavy (non-hydrogen) atoms. The van der Waals surface area contributed by atoms with Gasteiger partial charge in [0.15, 0.2) is 5.13 Å². The van der Waals surface area contributed by atoms with Crippen LogP contribution in [0.25, 0.3) is 10.9 Å². The van der Waals surface area contributed by atoms with Crippen molar-refractivity contribution < 1.29 is 4.79 Å². The number of H-pyrrole nitrogens is 1. The molecule has 3 heterocycles. The summed E-state index contributed by atoms with van der Waals surface area (Å²) in [6.07, 6.45) is 4.72. The van der Waals surface area contributed by atoms with Crippen LogP contribution in [0.3, 0.4) is 0 Å². The van der Waals surface area contributed by atoms with Gasteiger partial charge in [0, 0.05) is 61.4 Å². The Morgan fingerprint density at radius 3 is 2.89 bits per heavy atom. The van der Waals surface area contributed by atoms with Gasteiger partial charge in [-0.1, -0.05) is 18.2 Å². The van der Waals surface area contributed by atoms with Crippen LogP contribution in [0.1, 0.15) is 12.5 Å². The van der Waals surface area contributed by atoms with Crippen LogP contribution in [-0.2, 0) is 11.2 Å². The average molecular weight is 384 g/mol. The van der Waals surface area contributed by atoms with Gasteiger partial charge in [-0.05, 0) is 25.0 Å². The van der Waals surface area contributed by atoms with Crippen molar-refractivity contribution in [1.29, 1.82) is 0 Å². The van der Waals surface area contributed by atoms with Gasteiger partial charge in [-0.25, -0.2) is 4.98 Å². The van der Waals surface area contributed by atoms with Crippen LogP contribution in [0.5, 0.6) is 0 Å². The zero-order chi connectivity index (χ0) is 18.6. The summed E-state index contributed by atoms with van der Waals surface area (Å²) in [6.45, 7) is 6.26. The molecule has 1 aliphatic heterocycles. The highest BCUT2D eigenvalue weighted by Crippen LogP contribution is 2.20. The van der Waals surface area contributed by atoms with Gasteiger partial charge < -0.3 is 15.2 Å². The SMILES string of the molecule is CC(C(=O)NCCc1c[nH]c2ccccc12)N1CCN(c2nccs2)CC1. The second kappa shape index (κ2) is 8.10. The van der Waals surface area contributed by atoms with Crippen molar-refractivity contribution in [1.82, 2.24) is 20.2 Å². The van der Waals surface area contributed by atoms with Gasteiger partial charge in [-0.15, -0.1) is 11.3 Å². The number of nitrogens with zero attached hydrogens (tertiary/aromatic N) is 3. The Morgan fingerprint density at radius 2 is 2.11 bits per heavy atom. The van der Waals surface area contributed by atoms with Gasteiger partial charge in [0.2, 0.25) is 5.91 Å². The number of carbonyl (C=O) groups is 1. The van der Waals surface area contributed by atoms with E-state index >= 15 is 0 Å². The number of rotatable bonds is 6. The molecule has 7 heteroatoms. The normalized spacial score (nSPS) is 16.6. The number of piperazine rings is 1. The molecule has 0 saturated carbocycles. The minimum absolute atomic E-state index is 0.105. The fourth-order valence-electron chi connectivity index (χ4n) is 3.64. The van der Waals surface area contributed by atoms with Crippen LogP contribution in [0.2, 0.25) is 0 Å². The second-order valence-corrected chi connectivity index (χ2v) is 7.79. The van der Waals surface area contributed by atoms with E-state index < -0.39 is 0 Å². The van der Waals surface area contributed by atoms with Crippen LogP contribution in [0.4, 0.5) is 5.13 Å². The Balaban J connectivity index is 1.25. The number of fused-ring (bicyclic) bond motifs is 1. The number of para-hydroxylation sites is 1. The molecule has 0 spiro atoms. The molecule has 4 rings (SSSR count). The van der Waals surface area contributed by atoms with E-state index in [-0.39, 0.29) is 11.9 Å². The number of aromatic amines is 1. The topological polar surface area (TPSA) is 64.3 Å². The summed E-state index contributed by atoms with van der Waals surface area (Å²) in [5.41, 5.74) is 2.39. The number of benzene rings is 1. The molecule has 3 aromatic rings. The number of hydrogen-bond donors (Lipinski definition) is 2. The number of hydrogen-bond acceptors (Lipinski definition) is 5. The lowest BCUT2D eigenvalue weighted by Gasteiger charge is -2.37. The molecule has 1 aliphatic rings. The van der Waals surface area contributed by atoms with Crippen molar-refractivity contribution in [2.45, 2.75) is 19.4 Å². The summed E-state index contributed by atoms with van der Waals surface area (Å²) in [6, 6.07) is 8.16. The van der Waals surface area contributed by atoms with E-state index in [1.807, 2.05) is 36.8 Å². The van der Waals surface area contributed by atoms with E-state index in [1.54, 1.807) is 11.3 Å². The smallest absolute Gasteiger partial charge is 0.237 e. The molecule has 1 amide bonds. The fourth-order valence-corrected chi connectivity index (χ4v) is 4.34. The molecule has 6 nitrogen and oxygen atoms in total. The molecule has 1 atom stereocenters. The average Bonchev–Trinajstić information content (AvgIpc) is 3.38. The third-order valence-electron chi connectivity index (χ3n) is 5.30. The molecule has 0 aliphatic carbocycles. The Morgan fingerprint density at radius 1 is 1.30 bits per heavy atom. The van der Waals surface area contributed by atoms with E-state index in [0.717, 1.165) is 43.2 Å². The van der Waals surface area contributed by atoms with Crippen LogP contribution >= 0.6 is 11.3 Å². The molecule has 0 radical (unpaired) electrons. The minimum Gasteiger partial charge on any atom is -0.361 e. The molecule has 142 valence electrons. The molecule has 2 N–H and O–H groups in total. The molecule has 1 fully saturated rings.